The Labute approximate surface area is 104 Å². The van der Waals surface area contributed by atoms with E-state index in [1.54, 1.807) is 25.3 Å². The van der Waals surface area contributed by atoms with Gasteiger partial charge in [0.1, 0.15) is 6.10 Å². The van der Waals surface area contributed by atoms with Crippen LogP contribution in [0.4, 0.5) is 5.69 Å². The van der Waals surface area contributed by atoms with Crippen LogP contribution in [0, 0.1) is 0 Å². The number of benzene rings is 1. The largest absolute Gasteiger partial charge is 0.399 e. The number of halogens is 1. The van der Waals surface area contributed by atoms with E-state index in [1.165, 1.54) is 0 Å². The third-order valence-corrected chi connectivity index (χ3v) is 2.71. The lowest BCUT2D eigenvalue weighted by atomic mass is 10.2. The number of rotatable bonds is 3. The monoisotopic (exact) mass is 253 g/mol. The van der Waals surface area contributed by atoms with Crippen LogP contribution in [0.3, 0.4) is 0 Å². The van der Waals surface area contributed by atoms with Gasteiger partial charge in [-0.1, -0.05) is 16.8 Å². The summed E-state index contributed by atoms with van der Waals surface area (Å²) >= 11 is 6.04. The van der Waals surface area contributed by atoms with Crippen LogP contribution in [0.5, 0.6) is 0 Å². The minimum atomic E-state index is -0.229. The van der Waals surface area contributed by atoms with Gasteiger partial charge in [-0.3, -0.25) is 0 Å². The summed E-state index contributed by atoms with van der Waals surface area (Å²) in [5.74, 6) is 0.808. The number of methoxy groups -OCH3 is 1. The van der Waals surface area contributed by atoms with Crippen molar-refractivity contribution in [3.8, 4) is 11.5 Å². The number of ether oxygens (including phenoxy) is 1. The van der Waals surface area contributed by atoms with Gasteiger partial charge in [-0.2, -0.15) is 4.98 Å². The minimum Gasteiger partial charge on any atom is -0.399 e. The highest BCUT2D eigenvalue weighted by Crippen LogP contribution is 2.29. The van der Waals surface area contributed by atoms with Crippen LogP contribution in [0.2, 0.25) is 5.02 Å². The second kappa shape index (κ2) is 4.73. The van der Waals surface area contributed by atoms with Gasteiger partial charge in [0.15, 0.2) is 0 Å². The molecule has 0 amide bonds. The molecule has 0 saturated carbocycles. The van der Waals surface area contributed by atoms with E-state index in [4.69, 9.17) is 26.6 Å². The molecule has 0 saturated heterocycles. The van der Waals surface area contributed by atoms with E-state index in [9.17, 15) is 0 Å². The number of nitrogens with zero attached hydrogens (tertiary/aromatic N) is 2. The smallest absolute Gasteiger partial charge is 0.259 e. The topological polar surface area (TPSA) is 74.2 Å². The Morgan fingerprint density at radius 3 is 2.94 bits per heavy atom. The lowest BCUT2D eigenvalue weighted by Crippen LogP contribution is -1.97. The van der Waals surface area contributed by atoms with Gasteiger partial charge in [-0.25, -0.2) is 0 Å². The molecule has 1 heterocycles. The normalized spacial score (nSPS) is 12.6. The fraction of sp³-hybridized carbons (Fsp3) is 0.273. The summed E-state index contributed by atoms with van der Waals surface area (Å²) in [7, 11) is 1.58. The third-order valence-electron chi connectivity index (χ3n) is 2.38. The van der Waals surface area contributed by atoms with Crippen LogP contribution < -0.4 is 5.73 Å². The molecule has 0 bridgehead atoms. The van der Waals surface area contributed by atoms with Crippen LogP contribution in [0.1, 0.15) is 18.9 Å². The molecular formula is C11H12ClN3O2. The molecule has 0 aliphatic rings. The maximum absolute atomic E-state index is 6.04. The Morgan fingerprint density at radius 1 is 1.47 bits per heavy atom. The first-order valence-electron chi connectivity index (χ1n) is 5.03. The van der Waals surface area contributed by atoms with Gasteiger partial charge in [0, 0.05) is 12.8 Å². The van der Waals surface area contributed by atoms with Crippen molar-refractivity contribution in [2.45, 2.75) is 13.0 Å². The molecule has 2 N–H and O–H groups in total. The van der Waals surface area contributed by atoms with Crippen LogP contribution in [-0.4, -0.2) is 17.3 Å². The first kappa shape index (κ1) is 11.9. The summed E-state index contributed by atoms with van der Waals surface area (Å²) in [6, 6.07) is 5.09. The highest BCUT2D eigenvalue weighted by molar-refractivity contribution is 6.33. The van der Waals surface area contributed by atoms with Crippen LogP contribution in [0.25, 0.3) is 11.5 Å². The zero-order chi connectivity index (χ0) is 12.4. The summed E-state index contributed by atoms with van der Waals surface area (Å²) in [5.41, 5.74) is 6.89. The first-order chi connectivity index (χ1) is 8.11. The molecule has 0 radical (unpaired) electrons. The fourth-order valence-corrected chi connectivity index (χ4v) is 1.52. The van der Waals surface area contributed by atoms with Gasteiger partial charge < -0.3 is 15.0 Å². The van der Waals surface area contributed by atoms with Crippen molar-refractivity contribution in [1.29, 1.82) is 0 Å². The summed E-state index contributed by atoms with van der Waals surface area (Å²) < 4.78 is 10.2. The average molecular weight is 254 g/mol. The molecule has 17 heavy (non-hydrogen) atoms. The fourth-order valence-electron chi connectivity index (χ4n) is 1.32. The maximum atomic E-state index is 6.04. The quantitative estimate of drug-likeness (QED) is 0.852. The number of nitrogens with two attached hydrogens (primary N) is 1. The van der Waals surface area contributed by atoms with Crippen molar-refractivity contribution in [3.63, 3.8) is 0 Å². The highest BCUT2D eigenvalue weighted by atomic mass is 35.5. The summed E-state index contributed by atoms with van der Waals surface area (Å²) in [6.45, 7) is 1.83. The Morgan fingerprint density at radius 2 is 2.24 bits per heavy atom. The maximum Gasteiger partial charge on any atom is 0.259 e. The summed E-state index contributed by atoms with van der Waals surface area (Å²) in [4.78, 5) is 4.21. The number of aromatic nitrogens is 2. The molecule has 0 fully saturated rings. The summed E-state index contributed by atoms with van der Waals surface area (Å²) in [6.07, 6.45) is -0.229. The van der Waals surface area contributed by atoms with Gasteiger partial charge in [0.05, 0.1) is 10.6 Å². The van der Waals surface area contributed by atoms with Crippen LogP contribution in [-0.2, 0) is 4.74 Å². The van der Waals surface area contributed by atoms with E-state index in [0.717, 1.165) is 0 Å². The van der Waals surface area contributed by atoms with Gasteiger partial charge in [0.2, 0.25) is 5.82 Å². The van der Waals surface area contributed by atoms with Gasteiger partial charge in [-0.15, -0.1) is 0 Å². The third kappa shape index (κ3) is 2.40. The molecule has 6 heteroatoms. The first-order valence-corrected chi connectivity index (χ1v) is 5.41. The lowest BCUT2D eigenvalue weighted by molar-refractivity contribution is 0.109. The second-order valence-electron chi connectivity index (χ2n) is 3.57. The van der Waals surface area contributed by atoms with Crippen LogP contribution in [0.15, 0.2) is 22.7 Å². The molecule has 5 nitrogen and oxygen atoms in total. The van der Waals surface area contributed by atoms with Crippen molar-refractivity contribution in [2.24, 2.45) is 0 Å². The van der Waals surface area contributed by atoms with E-state index < -0.39 is 0 Å². The molecule has 2 rings (SSSR count). The molecule has 1 unspecified atom stereocenters. The molecule has 1 atom stereocenters. The van der Waals surface area contributed by atoms with E-state index in [2.05, 4.69) is 10.1 Å². The highest BCUT2D eigenvalue weighted by Gasteiger charge is 2.16. The molecule has 90 valence electrons. The Balaban J connectivity index is 2.40. The van der Waals surface area contributed by atoms with Crippen LogP contribution >= 0.6 is 11.6 Å². The van der Waals surface area contributed by atoms with E-state index in [0.29, 0.717) is 28.0 Å². The minimum absolute atomic E-state index is 0.229. The predicted octanol–water partition coefficient (Wildman–Crippen LogP) is 2.68. The number of hydrogen-bond acceptors (Lipinski definition) is 5. The zero-order valence-electron chi connectivity index (χ0n) is 9.48. The Hall–Kier alpha value is -1.59. The predicted molar refractivity (Wildman–Crippen MR) is 64.6 cm³/mol. The van der Waals surface area contributed by atoms with Crippen molar-refractivity contribution < 1.29 is 9.26 Å². The van der Waals surface area contributed by atoms with E-state index >= 15 is 0 Å². The Bertz CT molecular complexity index is 527. The number of hydrogen-bond donors (Lipinski definition) is 1. The molecule has 0 aliphatic carbocycles. The molecule has 0 aliphatic heterocycles. The van der Waals surface area contributed by atoms with Crippen molar-refractivity contribution in [1.82, 2.24) is 10.1 Å². The number of anilines is 1. The molecule has 0 spiro atoms. The molecule has 2 aromatic rings. The van der Waals surface area contributed by atoms with Gasteiger partial charge >= 0.3 is 0 Å². The SMILES string of the molecule is COC(C)c1noc(-c2cc(N)ccc2Cl)n1. The molecule has 1 aromatic carbocycles. The van der Waals surface area contributed by atoms with E-state index in [-0.39, 0.29) is 6.10 Å². The number of nitrogen functional groups attached to an aromatic ring is 1. The zero-order valence-corrected chi connectivity index (χ0v) is 10.2. The van der Waals surface area contributed by atoms with Gasteiger partial charge in [0.25, 0.3) is 5.89 Å². The van der Waals surface area contributed by atoms with Gasteiger partial charge in [-0.05, 0) is 25.1 Å². The summed E-state index contributed by atoms with van der Waals surface area (Å²) in [5, 5.41) is 4.34. The van der Waals surface area contributed by atoms with Crippen molar-refractivity contribution >= 4 is 17.3 Å². The Kier molecular flexibility index (Phi) is 3.31. The van der Waals surface area contributed by atoms with Crippen molar-refractivity contribution in [3.05, 3.63) is 29.0 Å². The lowest BCUT2D eigenvalue weighted by Gasteiger charge is -2.01. The van der Waals surface area contributed by atoms with Crippen molar-refractivity contribution in [2.75, 3.05) is 12.8 Å². The standard InChI is InChI=1S/C11H12ClN3O2/c1-6(16-2)10-14-11(17-15-10)8-5-7(13)3-4-9(8)12/h3-6H,13H2,1-2H3. The second-order valence-corrected chi connectivity index (χ2v) is 3.98. The average Bonchev–Trinajstić information content (AvgIpc) is 2.80. The van der Waals surface area contributed by atoms with E-state index in [1.807, 2.05) is 6.92 Å². The molecule has 1 aromatic heterocycles. The molecular weight excluding hydrogens is 242 g/mol.